The van der Waals surface area contributed by atoms with Gasteiger partial charge in [-0.3, -0.25) is 4.79 Å². The molecule has 8 nitrogen and oxygen atoms in total. The van der Waals surface area contributed by atoms with Gasteiger partial charge in [0.25, 0.3) is 0 Å². The summed E-state index contributed by atoms with van der Waals surface area (Å²) in [6.07, 6.45) is 3.40. The highest BCUT2D eigenvalue weighted by Crippen LogP contribution is 2.12. The molecule has 0 saturated carbocycles. The molecule has 1 aliphatic heterocycles. The Morgan fingerprint density at radius 2 is 2.11 bits per heavy atom. The molecule has 28 heavy (non-hydrogen) atoms. The smallest absolute Gasteiger partial charge is 0.241 e. The number of aromatic nitrogens is 3. The summed E-state index contributed by atoms with van der Waals surface area (Å²) in [6, 6.07) is 8.23. The summed E-state index contributed by atoms with van der Waals surface area (Å²) in [5, 5.41) is 10.8. The second kappa shape index (κ2) is 10.7. The third-order valence-corrected chi connectivity index (χ3v) is 4.91. The highest BCUT2D eigenvalue weighted by atomic mass is 127. The van der Waals surface area contributed by atoms with E-state index in [1.165, 1.54) is 0 Å². The van der Waals surface area contributed by atoms with Crippen LogP contribution in [0.3, 0.4) is 0 Å². The van der Waals surface area contributed by atoms with Crippen LogP contribution in [-0.4, -0.2) is 58.2 Å². The first-order chi connectivity index (χ1) is 13.0. The van der Waals surface area contributed by atoms with Crippen LogP contribution in [0.1, 0.15) is 17.8 Å². The number of likely N-dealkylation sites (N-methyl/N-ethyl adjacent to an activating group) is 1. The fourth-order valence-electron chi connectivity index (χ4n) is 2.78. The monoisotopic (exact) mass is 561 g/mol. The summed E-state index contributed by atoms with van der Waals surface area (Å²) >= 11 is 3.44. The summed E-state index contributed by atoms with van der Waals surface area (Å²) in [7, 11) is 3.48. The summed E-state index contributed by atoms with van der Waals surface area (Å²) in [5.74, 6) is 1.63. The van der Waals surface area contributed by atoms with Gasteiger partial charge in [0.05, 0.1) is 19.6 Å². The van der Waals surface area contributed by atoms with Crippen LogP contribution in [0.2, 0.25) is 0 Å². The van der Waals surface area contributed by atoms with Gasteiger partial charge in [-0.2, -0.15) is 5.10 Å². The summed E-state index contributed by atoms with van der Waals surface area (Å²) in [5.41, 5.74) is 1.10. The Balaban J connectivity index is 0.00000280. The predicted octanol–water partition coefficient (Wildman–Crippen LogP) is 1.80. The lowest BCUT2D eigenvalue weighted by atomic mass is 10.1. The van der Waals surface area contributed by atoms with Gasteiger partial charge in [0.15, 0.2) is 5.96 Å². The number of benzene rings is 1. The molecule has 1 amide bonds. The molecule has 2 heterocycles. The molecule has 0 saturated heterocycles. The molecule has 0 fully saturated rings. The molecule has 0 aliphatic carbocycles. The Hall–Kier alpha value is -1.69. The van der Waals surface area contributed by atoms with Gasteiger partial charge in [0.2, 0.25) is 5.91 Å². The highest BCUT2D eigenvalue weighted by molar-refractivity contribution is 14.0. The molecular weight excluding hydrogens is 537 g/mol. The van der Waals surface area contributed by atoms with E-state index in [9.17, 15) is 4.79 Å². The zero-order valence-corrected chi connectivity index (χ0v) is 19.8. The van der Waals surface area contributed by atoms with Crippen molar-refractivity contribution in [1.82, 2.24) is 30.3 Å². The molecule has 1 aromatic carbocycles. The fraction of sp³-hybridized carbons (Fsp3) is 0.444. The SMILES string of the molecule is CN(C)C(=O)CNC(=NCc1ccc(Br)cc1)NC1CCc2ncnn2C1.I. The number of rotatable bonds is 5. The van der Waals surface area contributed by atoms with Crippen LogP contribution in [0.15, 0.2) is 40.1 Å². The Bertz CT molecular complexity index is 807. The van der Waals surface area contributed by atoms with Gasteiger partial charge in [-0.15, -0.1) is 24.0 Å². The largest absolute Gasteiger partial charge is 0.352 e. The molecule has 10 heteroatoms. The second-order valence-corrected chi connectivity index (χ2v) is 7.59. The van der Waals surface area contributed by atoms with Gasteiger partial charge in [-0.05, 0) is 24.1 Å². The number of hydrogen-bond donors (Lipinski definition) is 2. The average Bonchev–Trinajstić information content (AvgIpc) is 3.12. The summed E-state index contributed by atoms with van der Waals surface area (Å²) < 4.78 is 2.95. The van der Waals surface area contributed by atoms with E-state index >= 15 is 0 Å². The normalized spacial score (nSPS) is 16.0. The first-order valence-corrected chi connectivity index (χ1v) is 9.66. The van der Waals surface area contributed by atoms with Gasteiger partial charge >= 0.3 is 0 Å². The van der Waals surface area contributed by atoms with Crippen molar-refractivity contribution in [3.05, 3.63) is 46.5 Å². The topological polar surface area (TPSA) is 87.4 Å². The van der Waals surface area contributed by atoms with Gasteiger partial charge in [-0.25, -0.2) is 14.7 Å². The quantitative estimate of drug-likeness (QED) is 0.330. The van der Waals surface area contributed by atoms with Crippen LogP contribution in [0.25, 0.3) is 0 Å². The number of carbonyl (C=O) groups excluding carboxylic acids is 1. The third kappa shape index (κ3) is 6.43. The van der Waals surface area contributed by atoms with E-state index < -0.39 is 0 Å². The number of hydrogen-bond acceptors (Lipinski definition) is 4. The third-order valence-electron chi connectivity index (χ3n) is 4.39. The number of aryl methyl sites for hydroxylation is 1. The lowest BCUT2D eigenvalue weighted by molar-refractivity contribution is -0.127. The number of amides is 1. The maximum Gasteiger partial charge on any atom is 0.241 e. The van der Waals surface area contributed by atoms with Crippen molar-refractivity contribution in [3.8, 4) is 0 Å². The molecule has 1 atom stereocenters. The molecule has 0 radical (unpaired) electrons. The maximum atomic E-state index is 11.9. The van der Waals surface area contributed by atoms with Crippen LogP contribution in [0, 0.1) is 0 Å². The van der Waals surface area contributed by atoms with Gasteiger partial charge < -0.3 is 15.5 Å². The van der Waals surface area contributed by atoms with Crippen LogP contribution in [0.4, 0.5) is 0 Å². The van der Waals surface area contributed by atoms with Crippen LogP contribution < -0.4 is 10.6 Å². The maximum absolute atomic E-state index is 11.9. The van der Waals surface area contributed by atoms with Crippen molar-refractivity contribution < 1.29 is 4.79 Å². The van der Waals surface area contributed by atoms with Crippen LogP contribution >= 0.6 is 39.9 Å². The molecule has 0 spiro atoms. The van der Waals surface area contributed by atoms with Crippen LogP contribution in [-0.2, 0) is 24.3 Å². The molecular formula is C18H25BrIN7O. The minimum Gasteiger partial charge on any atom is -0.352 e. The van der Waals surface area contributed by atoms with Crippen molar-refractivity contribution in [2.45, 2.75) is 32.0 Å². The molecule has 1 aromatic heterocycles. The lowest BCUT2D eigenvalue weighted by Crippen LogP contribution is -2.49. The number of nitrogens with one attached hydrogen (secondary N) is 2. The Morgan fingerprint density at radius 1 is 1.36 bits per heavy atom. The summed E-state index contributed by atoms with van der Waals surface area (Å²) in [6.45, 7) is 1.45. The molecule has 0 bridgehead atoms. The number of halogens is 2. The molecule has 2 aromatic rings. The molecule has 3 rings (SSSR count). The highest BCUT2D eigenvalue weighted by Gasteiger charge is 2.21. The van der Waals surface area contributed by atoms with E-state index in [-0.39, 0.29) is 42.5 Å². The first kappa shape index (κ1) is 22.6. The van der Waals surface area contributed by atoms with Crippen molar-refractivity contribution >= 4 is 51.8 Å². The minimum atomic E-state index is -0.00431. The Labute approximate surface area is 190 Å². The second-order valence-electron chi connectivity index (χ2n) is 6.67. The average molecular weight is 562 g/mol. The zero-order valence-electron chi connectivity index (χ0n) is 15.9. The Kier molecular flexibility index (Phi) is 8.67. The standard InChI is InChI=1S/C18H24BrN7O.HI/c1-25(2)17(27)10-21-18(20-9-13-3-5-14(19)6-4-13)24-15-7-8-16-22-12-23-26(16)11-15;/h3-6,12,15H,7-11H2,1-2H3,(H2,20,21,24);1H. The molecule has 1 unspecified atom stereocenters. The summed E-state index contributed by atoms with van der Waals surface area (Å²) in [4.78, 5) is 22.4. The number of guanidine groups is 1. The molecule has 152 valence electrons. The Morgan fingerprint density at radius 3 is 2.82 bits per heavy atom. The lowest BCUT2D eigenvalue weighted by Gasteiger charge is -2.25. The van der Waals surface area contributed by atoms with Crippen molar-refractivity contribution in [2.24, 2.45) is 4.99 Å². The molecule has 2 N–H and O–H groups in total. The fourth-order valence-corrected chi connectivity index (χ4v) is 3.04. The van der Waals surface area contributed by atoms with E-state index in [2.05, 4.69) is 41.6 Å². The van der Waals surface area contributed by atoms with E-state index in [4.69, 9.17) is 0 Å². The molecule has 1 aliphatic rings. The minimum absolute atomic E-state index is 0. The van der Waals surface area contributed by atoms with Crippen molar-refractivity contribution in [2.75, 3.05) is 20.6 Å². The van der Waals surface area contributed by atoms with E-state index in [1.807, 2.05) is 28.9 Å². The number of fused-ring (bicyclic) bond motifs is 1. The van der Waals surface area contributed by atoms with E-state index in [0.29, 0.717) is 12.5 Å². The zero-order chi connectivity index (χ0) is 19.2. The van der Waals surface area contributed by atoms with E-state index in [0.717, 1.165) is 35.2 Å². The van der Waals surface area contributed by atoms with Crippen molar-refractivity contribution in [1.29, 1.82) is 0 Å². The van der Waals surface area contributed by atoms with E-state index in [1.54, 1.807) is 25.3 Å². The number of aliphatic imine (C=N–C) groups is 1. The van der Waals surface area contributed by atoms with Gasteiger partial charge in [0.1, 0.15) is 12.2 Å². The van der Waals surface area contributed by atoms with Gasteiger partial charge in [0, 0.05) is 31.0 Å². The van der Waals surface area contributed by atoms with Crippen LogP contribution in [0.5, 0.6) is 0 Å². The first-order valence-electron chi connectivity index (χ1n) is 8.87. The van der Waals surface area contributed by atoms with Crippen molar-refractivity contribution in [3.63, 3.8) is 0 Å². The van der Waals surface area contributed by atoms with Gasteiger partial charge in [-0.1, -0.05) is 28.1 Å². The number of carbonyl (C=O) groups is 1. The predicted molar refractivity (Wildman–Crippen MR) is 123 cm³/mol. The number of nitrogens with zero attached hydrogens (tertiary/aromatic N) is 5.